The van der Waals surface area contributed by atoms with Gasteiger partial charge >= 0.3 is 6.18 Å². The van der Waals surface area contributed by atoms with Crippen molar-refractivity contribution in [2.24, 2.45) is 0 Å². The van der Waals surface area contributed by atoms with Crippen molar-refractivity contribution >= 4 is 17.5 Å². The molecule has 3 heterocycles. The van der Waals surface area contributed by atoms with Gasteiger partial charge < -0.3 is 16.0 Å². The normalized spacial score (nSPS) is 17.6. The minimum Gasteiger partial charge on any atom is -0.369 e. The van der Waals surface area contributed by atoms with Gasteiger partial charge in [0.25, 0.3) is 0 Å². The summed E-state index contributed by atoms with van der Waals surface area (Å²) in [5.74, 6) is -2.66. The number of amides is 1. The molecule has 0 aliphatic carbocycles. The molecule has 1 amide bonds. The fourth-order valence-corrected chi connectivity index (χ4v) is 2.99. The van der Waals surface area contributed by atoms with Crippen LogP contribution in [0.3, 0.4) is 0 Å². The summed E-state index contributed by atoms with van der Waals surface area (Å²) in [6.07, 6.45) is -2.58. The Morgan fingerprint density at radius 3 is 2.67 bits per heavy atom. The quantitative estimate of drug-likeness (QED) is 0.611. The number of nitrogens with zero attached hydrogens (tertiary/aromatic N) is 3. The Morgan fingerprint density at radius 2 is 2.00 bits per heavy atom. The Bertz CT molecular complexity index is 953. The van der Waals surface area contributed by atoms with Crippen molar-refractivity contribution in [2.45, 2.75) is 37.9 Å². The zero-order valence-electron chi connectivity index (χ0n) is 16.1. The molecular formula is C18H19F5N6O. The van der Waals surface area contributed by atoms with Gasteiger partial charge in [-0.25, -0.2) is 23.7 Å². The van der Waals surface area contributed by atoms with Crippen LogP contribution in [0, 0.1) is 11.6 Å². The van der Waals surface area contributed by atoms with Gasteiger partial charge in [-0.3, -0.25) is 4.79 Å². The number of halogens is 5. The highest BCUT2D eigenvalue weighted by Crippen LogP contribution is 2.34. The van der Waals surface area contributed by atoms with Gasteiger partial charge in [-0.05, 0) is 19.4 Å². The summed E-state index contributed by atoms with van der Waals surface area (Å²) in [5.41, 5.74) is -1.06. The molecule has 0 saturated heterocycles. The molecule has 7 nitrogen and oxygen atoms in total. The lowest BCUT2D eigenvalue weighted by molar-refractivity contribution is -0.140. The van der Waals surface area contributed by atoms with E-state index in [4.69, 9.17) is 0 Å². The lowest BCUT2D eigenvalue weighted by Gasteiger charge is -2.29. The second kappa shape index (κ2) is 8.00. The molecule has 3 N–H and O–H groups in total. The molecule has 12 heteroatoms. The third-order valence-electron chi connectivity index (χ3n) is 4.86. The van der Waals surface area contributed by atoms with Crippen molar-refractivity contribution in [3.8, 4) is 0 Å². The second-order valence-electron chi connectivity index (χ2n) is 7.06. The minimum atomic E-state index is -4.58. The van der Waals surface area contributed by atoms with Crippen molar-refractivity contribution in [1.29, 1.82) is 0 Å². The predicted molar refractivity (Wildman–Crippen MR) is 97.9 cm³/mol. The van der Waals surface area contributed by atoms with Gasteiger partial charge in [0.2, 0.25) is 5.91 Å². The zero-order chi connectivity index (χ0) is 22.1. The van der Waals surface area contributed by atoms with Crippen LogP contribution in [0.1, 0.15) is 37.6 Å². The van der Waals surface area contributed by atoms with Gasteiger partial charge in [0.1, 0.15) is 29.5 Å². The van der Waals surface area contributed by atoms with Gasteiger partial charge in [-0.1, -0.05) is 6.92 Å². The first kappa shape index (κ1) is 21.7. The van der Waals surface area contributed by atoms with E-state index in [9.17, 15) is 26.7 Å². The number of pyridine rings is 1. The fraction of sp³-hybridized carbons (Fsp3) is 0.444. The number of carbonyl (C=O) groups excluding carboxylic acids is 1. The molecular weight excluding hydrogens is 411 g/mol. The number of rotatable bonds is 6. The van der Waals surface area contributed by atoms with E-state index < -0.39 is 41.7 Å². The van der Waals surface area contributed by atoms with Crippen LogP contribution in [0.15, 0.2) is 18.5 Å². The lowest BCUT2D eigenvalue weighted by atomic mass is 9.97. The van der Waals surface area contributed by atoms with Crippen molar-refractivity contribution in [2.75, 3.05) is 23.7 Å². The molecule has 3 rings (SSSR count). The van der Waals surface area contributed by atoms with Crippen LogP contribution in [0.2, 0.25) is 0 Å². The van der Waals surface area contributed by atoms with E-state index in [2.05, 4.69) is 25.6 Å². The molecule has 2 unspecified atom stereocenters. The first-order chi connectivity index (χ1) is 14.0. The third kappa shape index (κ3) is 4.57. The number of alkyl halides is 3. The van der Waals surface area contributed by atoms with E-state index in [0.29, 0.717) is 17.9 Å². The number of hydrogen-bond donors (Lipinski definition) is 3. The molecule has 0 saturated carbocycles. The van der Waals surface area contributed by atoms with Crippen molar-refractivity contribution in [3.05, 3.63) is 41.5 Å². The highest BCUT2D eigenvalue weighted by Gasteiger charge is 2.36. The Balaban J connectivity index is 1.85. The maximum atomic E-state index is 14.3. The third-order valence-corrected chi connectivity index (χ3v) is 4.86. The number of fused-ring (bicyclic) bond motifs is 1. The van der Waals surface area contributed by atoms with Crippen molar-refractivity contribution in [3.63, 3.8) is 0 Å². The van der Waals surface area contributed by atoms with E-state index in [1.807, 2.05) is 0 Å². The SMILES string of the molecule is CCC(C)(Nc1nc(C2CNc3ncc(F)cc32)ncc1F)C(=O)NCC(F)(F)F. The number of nitrogens with one attached hydrogen (secondary N) is 3. The summed E-state index contributed by atoms with van der Waals surface area (Å²) >= 11 is 0. The molecule has 0 radical (unpaired) electrons. The molecule has 2 atom stereocenters. The topological polar surface area (TPSA) is 91.8 Å². The summed E-state index contributed by atoms with van der Waals surface area (Å²) in [6.45, 7) is 1.69. The van der Waals surface area contributed by atoms with Crippen LogP contribution < -0.4 is 16.0 Å². The van der Waals surface area contributed by atoms with Crippen LogP contribution in [0.5, 0.6) is 0 Å². The Kier molecular flexibility index (Phi) is 5.77. The first-order valence-corrected chi connectivity index (χ1v) is 9.07. The molecule has 2 aromatic rings. The van der Waals surface area contributed by atoms with Gasteiger partial charge in [0.15, 0.2) is 11.6 Å². The van der Waals surface area contributed by atoms with Crippen LogP contribution in [0.4, 0.5) is 33.6 Å². The maximum absolute atomic E-state index is 14.3. The molecule has 30 heavy (non-hydrogen) atoms. The summed E-state index contributed by atoms with van der Waals surface area (Å²) in [4.78, 5) is 24.3. The minimum absolute atomic E-state index is 0.0540. The van der Waals surface area contributed by atoms with E-state index in [0.717, 1.165) is 12.4 Å². The summed E-state index contributed by atoms with van der Waals surface area (Å²) in [5, 5.41) is 7.36. The number of carbonyl (C=O) groups is 1. The van der Waals surface area contributed by atoms with E-state index in [1.165, 1.54) is 13.0 Å². The highest BCUT2D eigenvalue weighted by molar-refractivity contribution is 5.88. The predicted octanol–water partition coefficient (Wildman–Crippen LogP) is 2.97. The summed E-state index contributed by atoms with van der Waals surface area (Å²) in [6, 6.07) is 1.27. The van der Waals surface area contributed by atoms with E-state index in [-0.39, 0.29) is 18.1 Å². The van der Waals surface area contributed by atoms with E-state index in [1.54, 1.807) is 12.2 Å². The molecule has 0 spiro atoms. The smallest absolute Gasteiger partial charge is 0.369 e. The Labute approximate surface area is 168 Å². The van der Waals surface area contributed by atoms with Crippen molar-refractivity contribution < 1.29 is 26.7 Å². The Morgan fingerprint density at radius 1 is 1.27 bits per heavy atom. The van der Waals surface area contributed by atoms with Gasteiger partial charge in [-0.15, -0.1) is 0 Å². The molecule has 162 valence electrons. The summed E-state index contributed by atoms with van der Waals surface area (Å²) in [7, 11) is 0. The molecule has 0 bridgehead atoms. The lowest BCUT2D eigenvalue weighted by Crippen LogP contribution is -2.52. The monoisotopic (exact) mass is 430 g/mol. The van der Waals surface area contributed by atoms with Gasteiger partial charge in [0, 0.05) is 12.1 Å². The maximum Gasteiger partial charge on any atom is 0.405 e. The molecule has 1 aliphatic rings. The van der Waals surface area contributed by atoms with Crippen LogP contribution in [-0.4, -0.2) is 45.7 Å². The zero-order valence-corrected chi connectivity index (χ0v) is 16.1. The number of aromatic nitrogens is 3. The van der Waals surface area contributed by atoms with Gasteiger partial charge in [0.05, 0.1) is 18.3 Å². The number of anilines is 2. The largest absolute Gasteiger partial charge is 0.405 e. The molecule has 0 fully saturated rings. The van der Waals surface area contributed by atoms with Crippen LogP contribution >= 0.6 is 0 Å². The van der Waals surface area contributed by atoms with Gasteiger partial charge in [-0.2, -0.15) is 13.2 Å². The standard InChI is InChI=1S/C18H19F5N6O/c1-3-17(2,16(30)27-8-18(21,22)23)29-15-12(20)7-26-14(28-15)11-6-25-13-10(11)4-9(19)5-24-13/h4-5,7,11H,3,6,8H2,1-2H3,(H,24,25)(H,27,30)(H,26,28,29). The first-order valence-electron chi connectivity index (χ1n) is 9.07. The average molecular weight is 430 g/mol. The second-order valence-corrected chi connectivity index (χ2v) is 7.06. The van der Waals surface area contributed by atoms with Crippen molar-refractivity contribution in [1.82, 2.24) is 20.3 Å². The molecule has 1 aliphatic heterocycles. The van der Waals surface area contributed by atoms with Crippen LogP contribution in [0.25, 0.3) is 0 Å². The number of hydrogen-bond acceptors (Lipinski definition) is 6. The summed E-state index contributed by atoms with van der Waals surface area (Å²) < 4.78 is 65.2. The Hall–Kier alpha value is -3.05. The van der Waals surface area contributed by atoms with E-state index >= 15 is 0 Å². The molecule has 0 aromatic carbocycles. The molecule has 2 aromatic heterocycles. The average Bonchev–Trinajstić information content (AvgIpc) is 3.10. The fourth-order valence-electron chi connectivity index (χ4n) is 2.99. The highest BCUT2D eigenvalue weighted by atomic mass is 19.4. The van der Waals surface area contributed by atoms with Crippen LogP contribution in [-0.2, 0) is 4.79 Å².